The van der Waals surface area contributed by atoms with E-state index in [2.05, 4.69) is 10.6 Å². The molecule has 3 amide bonds. The third kappa shape index (κ3) is 4.06. The Morgan fingerprint density at radius 2 is 1.81 bits per heavy atom. The van der Waals surface area contributed by atoms with E-state index in [1.54, 1.807) is 12.1 Å². The smallest absolute Gasteiger partial charge is 0.316 e. The minimum Gasteiger partial charge on any atom is -0.351 e. The molecule has 1 aromatic carbocycles. The highest BCUT2D eigenvalue weighted by Crippen LogP contribution is 2.19. The number of anilines is 1. The second-order valence-electron chi connectivity index (χ2n) is 4.72. The number of benzene rings is 1. The van der Waals surface area contributed by atoms with Gasteiger partial charge >= 0.3 is 6.03 Å². The van der Waals surface area contributed by atoms with E-state index < -0.39 is 6.03 Å². The minimum atomic E-state index is -0.600. The summed E-state index contributed by atoms with van der Waals surface area (Å²) in [7, 11) is 0. The van der Waals surface area contributed by atoms with Crippen LogP contribution in [-0.4, -0.2) is 11.9 Å². The third-order valence-electron chi connectivity index (χ3n) is 2.99. The summed E-state index contributed by atoms with van der Waals surface area (Å²) in [4.78, 5) is 24.6. The molecule has 6 heteroatoms. The van der Waals surface area contributed by atoms with Crippen molar-refractivity contribution >= 4 is 29.0 Å². The van der Waals surface area contributed by atoms with E-state index in [0.29, 0.717) is 10.6 Å². The SMILES string of the molecule is Cc1ccc(C(=O)N[C@H](C)c2ccc(NC(N)=O)cc2)s1. The van der Waals surface area contributed by atoms with E-state index in [1.807, 2.05) is 38.1 Å². The van der Waals surface area contributed by atoms with Crippen LogP contribution in [0, 0.1) is 6.92 Å². The second-order valence-corrected chi connectivity index (χ2v) is 6.00. The zero-order chi connectivity index (χ0) is 15.4. The monoisotopic (exact) mass is 303 g/mol. The molecular weight excluding hydrogens is 286 g/mol. The van der Waals surface area contributed by atoms with Crippen molar-refractivity contribution in [1.29, 1.82) is 0 Å². The number of thiophene rings is 1. The van der Waals surface area contributed by atoms with Crippen molar-refractivity contribution in [3.63, 3.8) is 0 Å². The molecule has 1 aromatic heterocycles. The molecule has 0 fully saturated rings. The van der Waals surface area contributed by atoms with E-state index in [1.165, 1.54) is 11.3 Å². The molecule has 0 radical (unpaired) electrons. The second kappa shape index (κ2) is 6.41. The molecule has 0 aliphatic carbocycles. The van der Waals surface area contributed by atoms with Gasteiger partial charge in [-0.05, 0) is 43.7 Å². The fraction of sp³-hybridized carbons (Fsp3) is 0.200. The highest BCUT2D eigenvalue weighted by molar-refractivity contribution is 7.13. The van der Waals surface area contributed by atoms with Crippen molar-refractivity contribution in [2.45, 2.75) is 19.9 Å². The molecule has 0 spiro atoms. The summed E-state index contributed by atoms with van der Waals surface area (Å²) in [6.45, 7) is 3.88. The number of primary amides is 1. The van der Waals surface area contributed by atoms with Gasteiger partial charge in [-0.15, -0.1) is 11.3 Å². The Balaban J connectivity index is 2.01. The molecule has 0 saturated heterocycles. The van der Waals surface area contributed by atoms with E-state index in [4.69, 9.17) is 5.73 Å². The standard InChI is InChI=1S/C15H17N3O2S/c1-9-3-8-13(21-9)14(19)17-10(2)11-4-6-12(7-5-11)18-15(16)20/h3-8,10H,1-2H3,(H,17,19)(H3,16,18,20)/t10-/m1/s1. The normalized spacial score (nSPS) is 11.7. The minimum absolute atomic E-state index is 0.0834. The van der Waals surface area contributed by atoms with Gasteiger partial charge < -0.3 is 16.4 Å². The van der Waals surface area contributed by atoms with Crippen molar-refractivity contribution in [3.05, 3.63) is 51.7 Å². The molecule has 0 saturated carbocycles. The van der Waals surface area contributed by atoms with Gasteiger partial charge in [0.1, 0.15) is 0 Å². The number of urea groups is 1. The van der Waals surface area contributed by atoms with Gasteiger partial charge in [-0.1, -0.05) is 12.1 Å². The number of hydrogen-bond acceptors (Lipinski definition) is 3. The number of nitrogens with two attached hydrogens (primary N) is 1. The average Bonchev–Trinajstić information content (AvgIpc) is 2.85. The molecule has 2 aromatic rings. The maximum Gasteiger partial charge on any atom is 0.316 e. The van der Waals surface area contributed by atoms with Gasteiger partial charge in [0, 0.05) is 10.6 Å². The van der Waals surface area contributed by atoms with Gasteiger partial charge in [0.05, 0.1) is 10.9 Å². The lowest BCUT2D eigenvalue weighted by molar-refractivity contribution is 0.0944. The topological polar surface area (TPSA) is 84.2 Å². The quantitative estimate of drug-likeness (QED) is 0.811. The van der Waals surface area contributed by atoms with Crippen LogP contribution < -0.4 is 16.4 Å². The van der Waals surface area contributed by atoms with Gasteiger partial charge in [-0.3, -0.25) is 4.79 Å². The van der Waals surface area contributed by atoms with Crippen LogP contribution in [0.3, 0.4) is 0 Å². The van der Waals surface area contributed by atoms with Crippen LogP contribution in [0.2, 0.25) is 0 Å². The third-order valence-corrected chi connectivity index (χ3v) is 3.99. The molecule has 0 unspecified atom stereocenters. The zero-order valence-corrected chi connectivity index (χ0v) is 12.7. The molecule has 0 aliphatic rings. The average molecular weight is 303 g/mol. The first-order valence-electron chi connectivity index (χ1n) is 6.49. The number of nitrogens with one attached hydrogen (secondary N) is 2. The Morgan fingerprint density at radius 3 is 2.33 bits per heavy atom. The Bertz CT molecular complexity index is 649. The molecular formula is C15H17N3O2S. The fourth-order valence-corrected chi connectivity index (χ4v) is 2.68. The van der Waals surface area contributed by atoms with Gasteiger partial charge in [0.15, 0.2) is 0 Å². The zero-order valence-electron chi connectivity index (χ0n) is 11.8. The van der Waals surface area contributed by atoms with Crippen LogP contribution in [0.25, 0.3) is 0 Å². The molecule has 21 heavy (non-hydrogen) atoms. The van der Waals surface area contributed by atoms with Gasteiger partial charge in [-0.25, -0.2) is 4.79 Å². The number of rotatable bonds is 4. The predicted molar refractivity (Wildman–Crippen MR) is 84.6 cm³/mol. The van der Waals surface area contributed by atoms with Crippen LogP contribution in [0.4, 0.5) is 10.5 Å². The molecule has 1 heterocycles. The molecule has 110 valence electrons. The lowest BCUT2D eigenvalue weighted by Crippen LogP contribution is -2.25. The maximum atomic E-state index is 12.1. The number of hydrogen-bond donors (Lipinski definition) is 3. The Labute approximate surface area is 127 Å². The van der Waals surface area contributed by atoms with Gasteiger partial charge in [-0.2, -0.15) is 0 Å². The first kappa shape index (κ1) is 15.1. The number of amides is 3. The molecule has 5 nitrogen and oxygen atoms in total. The van der Waals surface area contributed by atoms with E-state index in [0.717, 1.165) is 10.4 Å². The molecule has 0 aliphatic heterocycles. The van der Waals surface area contributed by atoms with Crippen molar-refractivity contribution in [1.82, 2.24) is 5.32 Å². The first-order chi connectivity index (χ1) is 9.95. The van der Waals surface area contributed by atoms with Crippen molar-refractivity contribution in [3.8, 4) is 0 Å². The highest BCUT2D eigenvalue weighted by Gasteiger charge is 2.12. The van der Waals surface area contributed by atoms with Gasteiger partial charge in [0.25, 0.3) is 5.91 Å². The van der Waals surface area contributed by atoms with Crippen LogP contribution in [0.1, 0.15) is 33.1 Å². The maximum absolute atomic E-state index is 12.1. The van der Waals surface area contributed by atoms with Crippen LogP contribution in [0.15, 0.2) is 36.4 Å². The summed E-state index contributed by atoms with van der Waals surface area (Å²) in [6.07, 6.45) is 0. The Kier molecular flexibility index (Phi) is 4.59. The number of carbonyl (C=O) groups excluding carboxylic acids is 2. The summed E-state index contributed by atoms with van der Waals surface area (Å²) in [5.74, 6) is -0.0834. The summed E-state index contributed by atoms with van der Waals surface area (Å²) in [5, 5.41) is 5.44. The van der Waals surface area contributed by atoms with Crippen molar-refractivity contribution in [2.24, 2.45) is 5.73 Å². The summed E-state index contributed by atoms with van der Waals surface area (Å²) in [5.41, 5.74) is 6.62. The largest absolute Gasteiger partial charge is 0.351 e. The van der Waals surface area contributed by atoms with Crippen LogP contribution >= 0.6 is 11.3 Å². The van der Waals surface area contributed by atoms with E-state index in [-0.39, 0.29) is 11.9 Å². The first-order valence-corrected chi connectivity index (χ1v) is 7.31. The molecule has 4 N–H and O–H groups in total. The highest BCUT2D eigenvalue weighted by atomic mass is 32.1. The lowest BCUT2D eigenvalue weighted by Gasteiger charge is -2.14. The van der Waals surface area contributed by atoms with Crippen molar-refractivity contribution < 1.29 is 9.59 Å². The van der Waals surface area contributed by atoms with Gasteiger partial charge in [0.2, 0.25) is 0 Å². The number of aryl methyl sites for hydroxylation is 1. The van der Waals surface area contributed by atoms with Crippen LogP contribution in [0.5, 0.6) is 0 Å². The van der Waals surface area contributed by atoms with E-state index >= 15 is 0 Å². The van der Waals surface area contributed by atoms with Crippen molar-refractivity contribution in [2.75, 3.05) is 5.32 Å². The molecule has 0 bridgehead atoms. The molecule has 2 rings (SSSR count). The summed E-state index contributed by atoms with van der Waals surface area (Å²) in [6, 6.07) is 10.2. The summed E-state index contributed by atoms with van der Waals surface area (Å²) >= 11 is 1.47. The fourth-order valence-electron chi connectivity index (χ4n) is 1.91. The van der Waals surface area contributed by atoms with E-state index in [9.17, 15) is 9.59 Å². The Hall–Kier alpha value is -2.34. The summed E-state index contributed by atoms with van der Waals surface area (Å²) < 4.78 is 0. The Morgan fingerprint density at radius 1 is 1.14 bits per heavy atom. The lowest BCUT2D eigenvalue weighted by atomic mass is 10.1. The predicted octanol–water partition coefficient (Wildman–Crippen LogP) is 3.04. The number of carbonyl (C=O) groups is 2. The molecule has 1 atom stereocenters. The van der Waals surface area contributed by atoms with Crippen LogP contribution in [-0.2, 0) is 0 Å².